The molecule has 0 saturated carbocycles. The quantitative estimate of drug-likeness (QED) is 0.728. The molecule has 2 aromatic rings. The fourth-order valence-corrected chi connectivity index (χ4v) is 1.26. The van der Waals surface area contributed by atoms with Gasteiger partial charge in [0.05, 0.1) is 11.1 Å². The van der Waals surface area contributed by atoms with E-state index >= 15 is 0 Å². The van der Waals surface area contributed by atoms with Gasteiger partial charge in [-0.15, -0.1) is 0 Å². The summed E-state index contributed by atoms with van der Waals surface area (Å²) in [4.78, 5) is 21.7. The number of benzene rings is 1. The van der Waals surface area contributed by atoms with E-state index in [-0.39, 0.29) is 5.56 Å². The van der Waals surface area contributed by atoms with E-state index in [0.717, 1.165) is 0 Å². The Kier molecular flexibility index (Phi) is 1.67. The lowest BCUT2D eigenvalue weighted by Crippen LogP contribution is -2.08. The van der Waals surface area contributed by atoms with Gasteiger partial charge in [-0.25, -0.2) is 9.59 Å². The molecule has 1 aromatic heterocycles. The number of fused-ring (bicyclic) bond motifs is 1. The first kappa shape index (κ1) is 8.55. The minimum atomic E-state index is -1.03. The maximum atomic E-state index is 11.1. The summed E-state index contributed by atoms with van der Waals surface area (Å²) in [5.74, 6) is -1.52. The molecule has 0 aliphatic rings. The summed E-state index contributed by atoms with van der Waals surface area (Å²) >= 11 is 0. The highest BCUT2D eigenvalue weighted by molar-refractivity contribution is 5.91. The second-order valence-electron chi connectivity index (χ2n) is 2.91. The standard InChI is InChI=1S/C9H7NO4/c1-10-6-4-5(8(11)12)2-3-7(6)14-9(10)13/h2-4H,1H3,(H,11,12). The van der Waals surface area contributed by atoms with E-state index in [4.69, 9.17) is 9.52 Å². The van der Waals surface area contributed by atoms with Crippen molar-refractivity contribution in [3.05, 3.63) is 34.3 Å². The molecule has 5 heteroatoms. The SMILES string of the molecule is Cn1c(=O)oc2ccc(C(=O)O)cc21. The zero-order chi connectivity index (χ0) is 10.3. The molecule has 14 heavy (non-hydrogen) atoms. The number of aryl methyl sites for hydroxylation is 1. The number of hydrogen-bond donors (Lipinski definition) is 1. The van der Waals surface area contributed by atoms with Gasteiger partial charge in [0.1, 0.15) is 0 Å². The molecule has 0 atom stereocenters. The first-order chi connectivity index (χ1) is 6.59. The van der Waals surface area contributed by atoms with E-state index in [9.17, 15) is 9.59 Å². The van der Waals surface area contributed by atoms with Gasteiger partial charge in [-0.05, 0) is 18.2 Å². The molecule has 0 aliphatic heterocycles. The minimum Gasteiger partial charge on any atom is -0.478 e. The number of hydrogen-bond acceptors (Lipinski definition) is 3. The molecule has 1 heterocycles. The van der Waals surface area contributed by atoms with Crippen LogP contribution >= 0.6 is 0 Å². The third kappa shape index (κ3) is 1.10. The average molecular weight is 193 g/mol. The van der Waals surface area contributed by atoms with Crippen molar-refractivity contribution in [1.82, 2.24) is 4.57 Å². The van der Waals surface area contributed by atoms with Gasteiger partial charge in [0.25, 0.3) is 0 Å². The fraction of sp³-hybridized carbons (Fsp3) is 0.111. The molecule has 2 rings (SSSR count). The average Bonchev–Trinajstić information content (AvgIpc) is 2.43. The summed E-state index contributed by atoms with van der Waals surface area (Å²) in [6, 6.07) is 4.27. The Hall–Kier alpha value is -2.04. The fourth-order valence-electron chi connectivity index (χ4n) is 1.26. The smallest absolute Gasteiger partial charge is 0.419 e. The molecule has 0 unspecified atom stereocenters. The highest BCUT2D eigenvalue weighted by atomic mass is 16.4. The summed E-state index contributed by atoms with van der Waals surface area (Å²) in [5.41, 5.74) is 1.01. The van der Waals surface area contributed by atoms with Crippen molar-refractivity contribution < 1.29 is 14.3 Å². The molecule has 1 N–H and O–H groups in total. The lowest BCUT2D eigenvalue weighted by atomic mass is 10.2. The van der Waals surface area contributed by atoms with Crippen molar-refractivity contribution in [3.63, 3.8) is 0 Å². The number of carboxylic acids is 1. The monoisotopic (exact) mass is 193 g/mol. The Labute approximate surface area is 78.2 Å². The first-order valence-electron chi connectivity index (χ1n) is 3.92. The van der Waals surface area contributed by atoms with Crippen LogP contribution in [0.5, 0.6) is 0 Å². The highest BCUT2D eigenvalue weighted by Crippen LogP contribution is 2.13. The molecule has 0 radical (unpaired) electrons. The summed E-state index contributed by atoms with van der Waals surface area (Å²) in [6.45, 7) is 0. The number of nitrogens with zero attached hydrogens (tertiary/aromatic N) is 1. The van der Waals surface area contributed by atoms with Crippen molar-refractivity contribution in [3.8, 4) is 0 Å². The largest absolute Gasteiger partial charge is 0.478 e. The van der Waals surface area contributed by atoms with Crippen molar-refractivity contribution in [2.45, 2.75) is 0 Å². The van der Waals surface area contributed by atoms with Crippen molar-refractivity contribution in [2.75, 3.05) is 0 Å². The Morgan fingerprint density at radius 1 is 1.50 bits per heavy atom. The van der Waals surface area contributed by atoms with Crippen LogP contribution < -0.4 is 5.76 Å². The summed E-state index contributed by atoms with van der Waals surface area (Å²) in [6.07, 6.45) is 0. The highest BCUT2D eigenvalue weighted by Gasteiger charge is 2.09. The summed E-state index contributed by atoms with van der Waals surface area (Å²) < 4.78 is 6.11. The molecule has 0 amide bonds. The van der Waals surface area contributed by atoms with Gasteiger partial charge in [0, 0.05) is 7.05 Å². The molecule has 0 saturated heterocycles. The lowest BCUT2D eigenvalue weighted by Gasteiger charge is -1.94. The number of carbonyl (C=O) groups is 1. The molecule has 5 nitrogen and oxygen atoms in total. The van der Waals surface area contributed by atoms with Crippen LogP contribution in [0.2, 0.25) is 0 Å². The molecule has 0 bridgehead atoms. The van der Waals surface area contributed by atoms with Gasteiger partial charge >= 0.3 is 11.7 Å². The van der Waals surface area contributed by atoms with Crippen LogP contribution in [0.4, 0.5) is 0 Å². The van der Waals surface area contributed by atoms with Crippen LogP contribution in [0.3, 0.4) is 0 Å². The second-order valence-corrected chi connectivity index (χ2v) is 2.91. The number of aromatic nitrogens is 1. The molecular weight excluding hydrogens is 186 g/mol. The Morgan fingerprint density at radius 2 is 2.21 bits per heavy atom. The van der Waals surface area contributed by atoms with Gasteiger partial charge < -0.3 is 9.52 Å². The topological polar surface area (TPSA) is 72.4 Å². The van der Waals surface area contributed by atoms with Crippen LogP contribution in [0.1, 0.15) is 10.4 Å². The van der Waals surface area contributed by atoms with Crippen LogP contribution in [-0.2, 0) is 7.05 Å². The van der Waals surface area contributed by atoms with E-state index in [2.05, 4.69) is 0 Å². The normalized spacial score (nSPS) is 10.6. The lowest BCUT2D eigenvalue weighted by molar-refractivity contribution is 0.0697. The van der Waals surface area contributed by atoms with Gasteiger partial charge in [-0.2, -0.15) is 0 Å². The first-order valence-corrected chi connectivity index (χ1v) is 3.92. The number of aromatic carboxylic acids is 1. The van der Waals surface area contributed by atoms with Crippen LogP contribution in [0, 0.1) is 0 Å². The van der Waals surface area contributed by atoms with E-state index in [1.54, 1.807) is 0 Å². The number of rotatable bonds is 1. The Balaban J connectivity index is 2.82. The molecular formula is C9H7NO4. The van der Waals surface area contributed by atoms with Crippen LogP contribution in [0.25, 0.3) is 11.1 Å². The van der Waals surface area contributed by atoms with E-state index in [1.807, 2.05) is 0 Å². The maximum Gasteiger partial charge on any atom is 0.419 e. The molecule has 0 fully saturated rings. The zero-order valence-corrected chi connectivity index (χ0v) is 7.35. The predicted octanol–water partition coefficient (Wildman–Crippen LogP) is 0.830. The van der Waals surface area contributed by atoms with Gasteiger partial charge in [0.2, 0.25) is 0 Å². The van der Waals surface area contributed by atoms with E-state index in [1.165, 1.54) is 29.8 Å². The van der Waals surface area contributed by atoms with Crippen molar-refractivity contribution in [2.24, 2.45) is 7.05 Å². The number of oxazole rings is 1. The molecule has 0 spiro atoms. The summed E-state index contributed by atoms with van der Waals surface area (Å²) in [7, 11) is 1.53. The van der Waals surface area contributed by atoms with Crippen molar-refractivity contribution >= 4 is 17.1 Å². The van der Waals surface area contributed by atoms with Gasteiger partial charge in [-0.1, -0.05) is 0 Å². The van der Waals surface area contributed by atoms with Crippen LogP contribution in [0.15, 0.2) is 27.4 Å². The van der Waals surface area contributed by atoms with E-state index < -0.39 is 11.7 Å². The van der Waals surface area contributed by atoms with Crippen LogP contribution in [-0.4, -0.2) is 15.6 Å². The third-order valence-corrected chi connectivity index (χ3v) is 2.04. The zero-order valence-electron chi connectivity index (χ0n) is 7.35. The Morgan fingerprint density at radius 3 is 2.86 bits per heavy atom. The third-order valence-electron chi connectivity index (χ3n) is 2.04. The molecule has 0 aliphatic carbocycles. The molecule has 1 aromatic carbocycles. The summed E-state index contributed by atoms with van der Waals surface area (Å²) in [5, 5.41) is 8.72. The van der Waals surface area contributed by atoms with Crippen molar-refractivity contribution in [1.29, 1.82) is 0 Å². The van der Waals surface area contributed by atoms with Gasteiger partial charge in [0.15, 0.2) is 5.58 Å². The maximum absolute atomic E-state index is 11.1. The minimum absolute atomic E-state index is 0.133. The van der Waals surface area contributed by atoms with E-state index in [0.29, 0.717) is 11.1 Å². The predicted molar refractivity (Wildman–Crippen MR) is 48.4 cm³/mol. The number of carboxylic acid groups (broad SMARTS) is 1. The second kappa shape index (κ2) is 2.73. The van der Waals surface area contributed by atoms with Gasteiger partial charge in [-0.3, -0.25) is 4.57 Å². The molecule has 72 valence electrons. The Bertz CT molecular complexity index is 564.